The van der Waals surface area contributed by atoms with Crippen molar-refractivity contribution < 1.29 is 4.74 Å². The van der Waals surface area contributed by atoms with Crippen molar-refractivity contribution in [2.75, 3.05) is 7.11 Å². The van der Waals surface area contributed by atoms with Crippen molar-refractivity contribution in [3.05, 3.63) is 40.0 Å². The van der Waals surface area contributed by atoms with Gasteiger partial charge in [-0.25, -0.2) is 0 Å². The molecule has 4 heteroatoms. The van der Waals surface area contributed by atoms with Crippen LogP contribution in [0.5, 0.6) is 5.75 Å². The normalized spacial score (nSPS) is 11.1. The number of methoxy groups -OCH3 is 1. The summed E-state index contributed by atoms with van der Waals surface area (Å²) in [7, 11) is 2.24. The summed E-state index contributed by atoms with van der Waals surface area (Å²) in [5, 5.41) is 4.33. The van der Waals surface area contributed by atoms with Crippen molar-refractivity contribution in [1.82, 2.24) is 0 Å². The van der Waals surface area contributed by atoms with Gasteiger partial charge in [0.2, 0.25) is 0 Å². The Morgan fingerprint density at radius 1 is 1.27 bits per heavy atom. The van der Waals surface area contributed by atoms with Crippen molar-refractivity contribution in [3.63, 3.8) is 0 Å². The van der Waals surface area contributed by atoms with Crippen LogP contribution in [0.25, 0.3) is 0 Å². The third kappa shape index (κ3) is 2.52. The number of benzene rings is 1. The zero-order valence-corrected chi connectivity index (χ0v) is 10.7. The van der Waals surface area contributed by atoms with Crippen LogP contribution in [0.4, 0.5) is 0 Å². The van der Waals surface area contributed by atoms with Crippen molar-refractivity contribution in [3.8, 4) is 5.75 Å². The first-order valence-electron chi connectivity index (χ1n) is 4.44. The topological polar surface area (TPSA) is 9.23 Å². The minimum absolute atomic E-state index is 0.559. The molecule has 0 amide bonds. The molecular weight excluding hydrogens is 247 g/mol. The van der Waals surface area contributed by atoms with Crippen LogP contribution in [0, 0.1) is 0 Å². The van der Waals surface area contributed by atoms with Crippen LogP contribution >= 0.6 is 31.5 Å². The summed E-state index contributed by atoms with van der Waals surface area (Å²) in [4.78, 5) is 0. The summed E-state index contributed by atoms with van der Waals surface area (Å²) in [5.74, 6) is 0.896. The molecule has 2 aromatic rings. The average molecular weight is 257 g/mol. The minimum Gasteiger partial charge on any atom is -0.495 e. The highest BCUT2D eigenvalue weighted by Crippen LogP contribution is 2.30. The first-order valence-corrected chi connectivity index (χ1v) is 6.70. The van der Waals surface area contributed by atoms with Crippen LogP contribution in [0.15, 0.2) is 35.7 Å². The monoisotopic (exact) mass is 256 g/mol. The van der Waals surface area contributed by atoms with Crippen molar-refractivity contribution in [2.45, 2.75) is 0 Å². The fourth-order valence-corrected chi connectivity index (χ4v) is 3.74. The molecule has 1 nitrogen and oxygen atoms in total. The van der Waals surface area contributed by atoms with E-state index in [-0.39, 0.29) is 0 Å². The Morgan fingerprint density at radius 2 is 2.00 bits per heavy atom. The highest BCUT2D eigenvalue weighted by Gasteiger charge is 2.10. The molecule has 0 radical (unpaired) electrons. The predicted molar refractivity (Wildman–Crippen MR) is 69.9 cm³/mol. The number of hydrogen-bond donors (Lipinski definition) is 0. The molecule has 0 aliphatic rings. The Hall–Kier alpha value is -0.560. The fraction of sp³-hybridized carbons (Fsp3) is 0.0909. The Kier molecular flexibility index (Phi) is 3.63. The van der Waals surface area contributed by atoms with Crippen LogP contribution in [0.2, 0.25) is 4.34 Å². The lowest BCUT2D eigenvalue weighted by atomic mass is 10.4. The number of halogens is 1. The SMILES string of the molecule is COc1csc(Cl)c1Pc1ccccc1. The molecule has 0 aliphatic carbocycles. The van der Waals surface area contributed by atoms with Crippen LogP contribution in [0.3, 0.4) is 0 Å². The van der Waals surface area contributed by atoms with Gasteiger partial charge in [-0.05, 0) is 5.30 Å². The first kappa shape index (κ1) is 10.9. The molecule has 0 aliphatic heterocycles. The molecule has 0 N–H and O–H groups in total. The van der Waals surface area contributed by atoms with Gasteiger partial charge < -0.3 is 4.74 Å². The Balaban J connectivity index is 2.27. The maximum atomic E-state index is 6.12. The van der Waals surface area contributed by atoms with E-state index in [1.54, 1.807) is 7.11 Å². The standard InChI is InChI=1S/C11H10ClOPS/c1-13-9-7-15-11(12)10(9)14-8-5-3-2-4-6-8/h2-7,14H,1H3. The summed E-state index contributed by atoms with van der Waals surface area (Å²) in [6, 6.07) is 10.3. The van der Waals surface area contributed by atoms with E-state index < -0.39 is 0 Å². The van der Waals surface area contributed by atoms with Gasteiger partial charge >= 0.3 is 0 Å². The molecule has 0 saturated heterocycles. The van der Waals surface area contributed by atoms with Crippen molar-refractivity contribution in [2.24, 2.45) is 0 Å². The third-order valence-corrected chi connectivity index (χ3v) is 4.88. The minimum atomic E-state index is 0.559. The summed E-state index contributed by atoms with van der Waals surface area (Å²) in [6.45, 7) is 0. The molecule has 1 unspecified atom stereocenters. The number of hydrogen-bond acceptors (Lipinski definition) is 2. The van der Waals surface area contributed by atoms with Gasteiger partial charge in [-0.15, -0.1) is 11.3 Å². The molecule has 1 aromatic heterocycles. The molecule has 1 atom stereocenters. The largest absolute Gasteiger partial charge is 0.495 e. The van der Waals surface area contributed by atoms with Crippen LogP contribution in [0.1, 0.15) is 0 Å². The molecule has 0 saturated carbocycles. The summed E-state index contributed by atoms with van der Waals surface area (Å²) in [5.41, 5.74) is 0. The van der Waals surface area contributed by atoms with Gasteiger partial charge in [0.15, 0.2) is 0 Å². The second-order valence-electron chi connectivity index (χ2n) is 2.94. The second kappa shape index (κ2) is 4.98. The summed E-state index contributed by atoms with van der Waals surface area (Å²) >= 11 is 7.64. The smallest absolute Gasteiger partial charge is 0.138 e. The van der Waals surface area contributed by atoms with E-state index in [2.05, 4.69) is 12.1 Å². The lowest BCUT2D eigenvalue weighted by Crippen LogP contribution is -2.04. The fourth-order valence-electron chi connectivity index (χ4n) is 1.25. The van der Waals surface area contributed by atoms with Crippen molar-refractivity contribution in [1.29, 1.82) is 0 Å². The molecule has 15 heavy (non-hydrogen) atoms. The maximum absolute atomic E-state index is 6.12. The molecule has 0 spiro atoms. The average Bonchev–Trinajstić information content (AvgIpc) is 2.62. The number of thiophene rings is 1. The quantitative estimate of drug-likeness (QED) is 0.767. The van der Waals surface area contributed by atoms with E-state index in [0.717, 1.165) is 15.4 Å². The zero-order chi connectivity index (χ0) is 10.7. The lowest BCUT2D eigenvalue weighted by Gasteiger charge is -2.03. The van der Waals surface area contributed by atoms with Gasteiger partial charge in [-0.1, -0.05) is 50.5 Å². The molecule has 1 heterocycles. The van der Waals surface area contributed by atoms with E-state index in [1.807, 2.05) is 23.6 Å². The zero-order valence-electron chi connectivity index (χ0n) is 8.16. The van der Waals surface area contributed by atoms with Gasteiger partial charge in [-0.2, -0.15) is 0 Å². The Bertz CT molecular complexity index is 441. The van der Waals surface area contributed by atoms with Gasteiger partial charge in [0.25, 0.3) is 0 Å². The van der Waals surface area contributed by atoms with E-state index in [1.165, 1.54) is 16.6 Å². The molecule has 0 bridgehead atoms. The maximum Gasteiger partial charge on any atom is 0.138 e. The molecule has 78 valence electrons. The van der Waals surface area contributed by atoms with Gasteiger partial charge in [0, 0.05) is 10.7 Å². The molecule has 0 fully saturated rings. The van der Waals surface area contributed by atoms with Crippen molar-refractivity contribution >= 4 is 42.1 Å². The van der Waals surface area contributed by atoms with E-state index in [0.29, 0.717) is 8.58 Å². The predicted octanol–water partition coefficient (Wildman–Crippen LogP) is 3.04. The van der Waals surface area contributed by atoms with Crippen LogP contribution in [-0.2, 0) is 0 Å². The van der Waals surface area contributed by atoms with Crippen LogP contribution < -0.4 is 15.3 Å². The Morgan fingerprint density at radius 3 is 2.67 bits per heavy atom. The summed E-state index contributed by atoms with van der Waals surface area (Å²) in [6.07, 6.45) is 0. The molecular formula is C11H10ClOPS. The molecule has 2 rings (SSSR count). The number of ether oxygens (including phenoxy) is 1. The van der Waals surface area contributed by atoms with Gasteiger partial charge in [0.1, 0.15) is 10.1 Å². The van der Waals surface area contributed by atoms with Gasteiger partial charge in [0.05, 0.1) is 7.11 Å². The third-order valence-electron chi connectivity index (χ3n) is 1.98. The highest BCUT2D eigenvalue weighted by molar-refractivity contribution is 7.57. The van der Waals surface area contributed by atoms with Crippen LogP contribution in [-0.4, -0.2) is 7.11 Å². The van der Waals surface area contributed by atoms with Gasteiger partial charge in [-0.3, -0.25) is 0 Å². The first-order chi connectivity index (χ1) is 7.31. The van der Waals surface area contributed by atoms with E-state index in [4.69, 9.17) is 16.3 Å². The Labute approximate surface area is 99.8 Å². The molecule has 1 aromatic carbocycles. The highest BCUT2D eigenvalue weighted by atomic mass is 35.5. The number of rotatable bonds is 3. The summed E-state index contributed by atoms with van der Waals surface area (Å²) < 4.78 is 6.10. The second-order valence-corrected chi connectivity index (χ2v) is 5.75. The van der Waals surface area contributed by atoms with E-state index in [9.17, 15) is 0 Å². The lowest BCUT2D eigenvalue weighted by molar-refractivity contribution is 0.420. The van der Waals surface area contributed by atoms with E-state index >= 15 is 0 Å².